The van der Waals surface area contributed by atoms with Crippen molar-refractivity contribution < 1.29 is 18.3 Å². The van der Waals surface area contributed by atoms with Crippen molar-refractivity contribution in [3.63, 3.8) is 0 Å². The summed E-state index contributed by atoms with van der Waals surface area (Å²) in [6.07, 6.45) is 2.95. The summed E-state index contributed by atoms with van der Waals surface area (Å²) in [5.41, 5.74) is 1.97. The van der Waals surface area contributed by atoms with Crippen LogP contribution in [0.5, 0.6) is 0 Å². The maximum Gasteiger partial charge on any atom is 0.407 e. The fraction of sp³-hybridized carbons (Fsp3) is 0.565. The molecular weight excluding hydrogens is 458 g/mol. The van der Waals surface area contributed by atoms with Gasteiger partial charge in [-0.3, -0.25) is 14.4 Å². The number of alkyl halides is 2. The fourth-order valence-corrected chi connectivity index (χ4v) is 4.81. The van der Waals surface area contributed by atoms with E-state index in [2.05, 4.69) is 30.8 Å². The zero-order valence-electron chi connectivity index (χ0n) is 19.4. The summed E-state index contributed by atoms with van der Waals surface area (Å²) in [6.45, 7) is 3.39. The molecule has 3 aromatic rings. The highest BCUT2D eigenvalue weighted by atomic mass is 19.1. The number of H-pyrrole nitrogens is 1. The minimum atomic E-state index is -1.32. The number of imidazole rings is 1. The smallest absolute Gasteiger partial charge is 0.407 e. The van der Waals surface area contributed by atoms with Gasteiger partial charge in [0.05, 0.1) is 5.69 Å². The molecule has 3 aliphatic rings. The number of fused-ring (bicyclic) bond motifs is 1. The molecule has 6 rings (SSSR count). The van der Waals surface area contributed by atoms with Gasteiger partial charge >= 0.3 is 6.09 Å². The van der Waals surface area contributed by atoms with E-state index < -0.39 is 30.5 Å². The molecule has 0 bridgehead atoms. The summed E-state index contributed by atoms with van der Waals surface area (Å²) in [6, 6.07) is 3.55. The molecule has 3 N–H and O–H groups in total. The van der Waals surface area contributed by atoms with E-state index in [1.807, 2.05) is 22.4 Å². The maximum absolute atomic E-state index is 15.1. The molecule has 0 radical (unpaired) electrons. The van der Waals surface area contributed by atoms with E-state index in [0.29, 0.717) is 55.6 Å². The largest absolute Gasteiger partial charge is 0.443 e. The molecule has 35 heavy (non-hydrogen) atoms. The van der Waals surface area contributed by atoms with Gasteiger partial charge in [-0.1, -0.05) is 0 Å². The number of nitrogens with zero attached hydrogens (tertiary/aromatic N) is 5. The topological polar surface area (TPSA) is 112 Å². The van der Waals surface area contributed by atoms with Gasteiger partial charge in [0.2, 0.25) is 5.95 Å². The summed E-state index contributed by atoms with van der Waals surface area (Å²) in [7, 11) is 0. The Balaban J connectivity index is 1.11. The third kappa shape index (κ3) is 4.54. The normalized spacial score (nSPS) is 26.0. The van der Waals surface area contributed by atoms with E-state index in [4.69, 9.17) is 4.74 Å². The lowest BCUT2D eigenvalue weighted by molar-refractivity contribution is 0.0546. The van der Waals surface area contributed by atoms with Crippen LogP contribution in [0.1, 0.15) is 49.9 Å². The minimum Gasteiger partial charge on any atom is -0.443 e. The molecule has 0 aromatic carbocycles. The van der Waals surface area contributed by atoms with Gasteiger partial charge in [-0.15, -0.1) is 0 Å². The second kappa shape index (κ2) is 8.43. The van der Waals surface area contributed by atoms with Crippen molar-refractivity contribution in [2.24, 2.45) is 0 Å². The van der Waals surface area contributed by atoms with Crippen LogP contribution in [-0.2, 0) is 11.3 Å². The molecule has 3 aromatic heterocycles. The molecule has 0 spiro atoms. The summed E-state index contributed by atoms with van der Waals surface area (Å²) in [4.78, 5) is 23.1. The van der Waals surface area contributed by atoms with Crippen LogP contribution in [0.3, 0.4) is 0 Å². The molecule has 12 heteroatoms. The van der Waals surface area contributed by atoms with Crippen LogP contribution >= 0.6 is 0 Å². The lowest BCUT2D eigenvalue weighted by Crippen LogP contribution is -2.47. The van der Waals surface area contributed by atoms with Crippen LogP contribution in [0.4, 0.5) is 25.3 Å². The number of hydrogen-bond donors (Lipinski definition) is 3. The van der Waals surface area contributed by atoms with Gasteiger partial charge in [-0.2, -0.15) is 5.10 Å². The van der Waals surface area contributed by atoms with E-state index >= 15 is 4.39 Å². The number of carbonyl (C=O) groups excluding carboxylic acids is 1. The molecule has 4 heterocycles. The monoisotopic (exact) mass is 486 g/mol. The average molecular weight is 487 g/mol. The molecule has 1 saturated heterocycles. The first kappa shape index (κ1) is 22.2. The van der Waals surface area contributed by atoms with Crippen LogP contribution in [0.25, 0.3) is 5.65 Å². The highest BCUT2D eigenvalue weighted by Crippen LogP contribution is 2.39. The van der Waals surface area contributed by atoms with Crippen molar-refractivity contribution in [1.29, 1.82) is 0 Å². The van der Waals surface area contributed by atoms with Crippen LogP contribution in [-0.4, -0.2) is 72.6 Å². The number of likely N-dealkylation sites (tertiary alicyclic amines) is 1. The number of aromatic amines is 1. The highest BCUT2D eigenvalue weighted by molar-refractivity contribution is 5.69. The molecule has 3 atom stereocenters. The number of nitrogens with one attached hydrogen (secondary N) is 3. The Bertz CT molecular complexity index is 1240. The molecule has 1 amide bonds. The maximum atomic E-state index is 15.1. The van der Waals surface area contributed by atoms with Crippen molar-refractivity contribution in [2.75, 3.05) is 18.4 Å². The third-order valence-electron chi connectivity index (χ3n) is 7.13. The first-order valence-corrected chi connectivity index (χ1v) is 12.0. The Morgan fingerprint density at radius 2 is 2.14 bits per heavy atom. The summed E-state index contributed by atoms with van der Waals surface area (Å²) in [5, 5.41) is 13.2. The highest BCUT2D eigenvalue weighted by Gasteiger charge is 2.43. The predicted octanol–water partition coefficient (Wildman–Crippen LogP) is 3.21. The molecule has 1 aliphatic heterocycles. The second-order valence-corrected chi connectivity index (χ2v) is 10.1. The van der Waals surface area contributed by atoms with Gasteiger partial charge in [-0.05, 0) is 38.7 Å². The fourth-order valence-electron chi connectivity index (χ4n) is 4.81. The van der Waals surface area contributed by atoms with Gasteiger partial charge in [0, 0.05) is 55.2 Å². The Morgan fingerprint density at radius 1 is 1.31 bits per heavy atom. The average Bonchev–Trinajstić information content (AvgIpc) is 3.13. The quantitative estimate of drug-likeness (QED) is 0.470. The summed E-state index contributed by atoms with van der Waals surface area (Å²) < 4.78 is 35.4. The van der Waals surface area contributed by atoms with Crippen molar-refractivity contribution >= 4 is 23.5 Å². The number of amides is 1. The summed E-state index contributed by atoms with van der Waals surface area (Å²) in [5.74, 6) is 0.571. The Kier molecular flexibility index (Phi) is 5.35. The standard InChI is InChI=1S/C23H28F2N8O2/c1-23(5-6-23)29-22(34)35-17-3-2-15(20(17)25)16-8-18(31-30-16)28-21-26-7-4-19-27-14(12-33(19)21)11-32-9-13(24)10-32/h4,7-8,12-13,15,17,20H,2-3,5-6,9-11H2,1H3,(H,29,34)(H2,26,28,30,31)/t15-,17-,20+/m1/s1. The van der Waals surface area contributed by atoms with Crippen LogP contribution in [0.2, 0.25) is 0 Å². The summed E-state index contributed by atoms with van der Waals surface area (Å²) >= 11 is 0. The minimum absolute atomic E-state index is 0.204. The Morgan fingerprint density at radius 3 is 2.91 bits per heavy atom. The molecule has 2 saturated carbocycles. The first-order valence-electron chi connectivity index (χ1n) is 12.0. The van der Waals surface area contributed by atoms with Crippen molar-refractivity contribution in [2.45, 2.75) is 69.1 Å². The Labute approximate surface area is 200 Å². The lowest BCUT2D eigenvalue weighted by Gasteiger charge is -2.33. The van der Waals surface area contributed by atoms with Crippen molar-refractivity contribution in [1.82, 2.24) is 34.8 Å². The van der Waals surface area contributed by atoms with Crippen LogP contribution in [0, 0.1) is 0 Å². The van der Waals surface area contributed by atoms with Crippen LogP contribution < -0.4 is 10.6 Å². The number of halogens is 2. The zero-order valence-corrected chi connectivity index (χ0v) is 19.4. The third-order valence-corrected chi connectivity index (χ3v) is 7.13. The van der Waals surface area contributed by atoms with Gasteiger partial charge in [-0.25, -0.2) is 23.5 Å². The molecule has 3 fully saturated rings. The SMILES string of the molecule is CC1(NC(=O)O[C@@H]2CC[C@H](c3cc(Nc4nccc5nc(CN6CC(F)C6)cn45)n[nH]3)[C@@H]2F)CC1. The molecule has 186 valence electrons. The molecule has 0 unspecified atom stereocenters. The van der Waals surface area contributed by atoms with E-state index in [0.717, 1.165) is 18.5 Å². The lowest BCUT2D eigenvalue weighted by atomic mass is 10.0. The first-order chi connectivity index (χ1) is 16.8. The van der Waals surface area contributed by atoms with E-state index in [1.54, 1.807) is 18.3 Å². The van der Waals surface area contributed by atoms with Gasteiger partial charge < -0.3 is 15.4 Å². The molecule has 10 nitrogen and oxygen atoms in total. The van der Waals surface area contributed by atoms with Gasteiger partial charge in [0.15, 0.2) is 5.82 Å². The zero-order chi connectivity index (χ0) is 24.2. The molecule has 2 aliphatic carbocycles. The van der Waals surface area contributed by atoms with Crippen molar-refractivity contribution in [3.05, 3.63) is 35.9 Å². The number of ether oxygens (including phenoxy) is 1. The number of hydrogen-bond acceptors (Lipinski definition) is 7. The van der Waals surface area contributed by atoms with E-state index in [9.17, 15) is 9.18 Å². The van der Waals surface area contributed by atoms with Crippen molar-refractivity contribution in [3.8, 4) is 0 Å². The number of alkyl carbamates (subject to hydrolysis) is 1. The molecular formula is C23H28F2N8O2. The van der Waals surface area contributed by atoms with E-state index in [-0.39, 0.29) is 5.54 Å². The van der Waals surface area contributed by atoms with Crippen LogP contribution in [0.15, 0.2) is 24.5 Å². The predicted molar refractivity (Wildman–Crippen MR) is 123 cm³/mol. The Hall–Kier alpha value is -3.28. The number of rotatable bonds is 7. The second-order valence-electron chi connectivity index (χ2n) is 10.1. The van der Waals surface area contributed by atoms with Gasteiger partial charge in [0.1, 0.15) is 24.1 Å². The number of carbonyl (C=O) groups is 1. The number of anilines is 2. The van der Waals surface area contributed by atoms with Gasteiger partial charge in [0.25, 0.3) is 0 Å². The van der Waals surface area contributed by atoms with E-state index in [1.165, 1.54) is 0 Å². The number of aromatic nitrogens is 5.